The van der Waals surface area contributed by atoms with Crippen molar-refractivity contribution in [2.24, 2.45) is 0 Å². The number of hydrogen-bond acceptors (Lipinski definition) is 6. The molecule has 1 aliphatic heterocycles. The molecule has 0 aliphatic carbocycles. The predicted octanol–water partition coefficient (Wildman–Crippen LogP) is 1.23. The number of amides is 1. The summed E-state index contributed by atoms with van der Waals surface area (Å²) in [6, 6.07) is 6.49. The van der Waals surface area contributed by atoms with Crippen LogP contribution in [0, 0.1) is 0 Å². The molecular weight excluding hydrogens is 294 g/mol. The zero-order chi connectivity index (χ0) is 14.7. The molecule has 0 saturated heterocycles. The molecule has 7 nitrogen and oxygen atoms in total. The molecule has 108 valence electrons. The monoisotopic (exact) mass is 305 g/mol. The number of nitrogens with one attached hydrogen (secondary N) is 2. The number of fused-ring (bicyclic) bond motifs is 1. The number of carbonyl (C=O) groups excluding carboxylic acids is 1. The first kappa shape index (κ1) is 13.5. The summed E-state index contributed by atoms with van der Waals surface area (Å²) in [6.07, 6.45) is 1.40. The van der Waals surface area contributed by atoms with Crippen LogP contribution in [0.2, 0.25) is 0 Å². The van der Waals surface area contributed by atoms with Gasteiger partial charge in [-0.1, -0.05) is 11.8 Å². The van der Waals surface area contributed by atoms with Crippen molar-refractivity contribution in [2.75, 3.05) is 17.9 Å². The highest BCUT2D eigenvalue weighted by Crippen LogP contribution is 2.34. The number of nitrogens with zero attached hydrogens (tertiary/aromatic N) is 1. The summed E-state index contributed by atoms with van der Waals surface area (Å²) in [5.41, 5.74) is 0.378. The lowest BCUT2D eigenvalue weighted by Gasteiger charge is -2.05. The number of thioether (sulfide) groups is 1. The van der Waals surface area contributed by atoms with Gasteiger partial charge in [0.25, 0.3) is 5.56 Å². The molecule has 3 rings (SSSR count). The van der Waals surface area contributed by atoms with Crippen LogP contribution in [0.1, 0.15) is 0 Å². The molecule has 1 aliphatic rings. The minimum Gasteiger partial charge on any atom is -0.454 e. The van der Waals surface area contributed by atoms with E-state index in [0.717, 1.165) is 11.8 Å². The van der Waals surface area contributed by atoms with E-state index in [1.807, 2.05) is 0 Å². The Bertz CT molecular complexity index is 731. The Morgan fingerprint density at radius 3 is 3.05 bits per heavy atom. The highest BCUT2D eigenvalue weighted by molar-refractivity contribution is 7.99. The Morgan fingerprint density at radius 1 is 1.33 bits per heavy atom. The van der Waals surface area contributed by atoms with E-state index in [9.17, 15) is 9.59 Å². The largest absolute Gasteiger partial charge is 0.454 e. The zero-order valence-corrected chi connectivity index (χ0v) is 11.6. The van der Waals surface area contributed by atoms with Crippen molar-refractivity contribution >= 4 is 23.4 Å². The molecule has 2 N–H and O–H groups in total. The van der Waals surface area contributed by atoms with Crippen LogP contribution in [0.3, 0.4) is 0 Å². The normalized spacial score (nSPS) is 12.2. The SMILES string of the molecule is O=C(CSc1nccc(=O)[nH]1)Nc1ccc2c(c1)OCO2. The van der Waals surface area contributed by atoms with E-state index >= 15 is 0 Å². The van der Waals surface area contributed by atoms with Gasteiger partial charge in [0.05, 0.1) is 5.75 Å². The van der Waals surface area contributed by atoms with Gasteiger partial charge in [-0.25, -0.2) is 4.98 Å². The zero-order valence-electron chi connectivity index (χ0n) is 10.8. The molecule has 2 aromatic rings. The quantitative estimate of drug-likeness (QED) is 0.652. The fourth-order valence-electron chi connectivity index (χ4n) is 1.73. The average molecular weight is 305 g/mol. The number of anilines is 1. The van der Waals surface area contributed by atoms with Crippen LogP contribution >= 0.6 is 11.8 Å². The second-order valence-corrected chi connectivity index (χ2v) is 5.11. The third kappa shape index (κ3) is 3.34. The lowest BCUT2D eigenvalue weighted by atomic mass is 10.3. The Kier molecular flexibility index (Phi) is 3.78. The van der Waals surface area contributed by atoms with E-state index in [1.165, 1.54) is 12.3 Å². The first-order chi connectivity index (χ1) is 10.2. The van der Waals surface area contributed by atoms with Crippen LogP contribution < -0.4 is 20.3 Å². The number of carbonyl (C=O) groups is 1. The number of benzene rings is 1. The van der Waals surface area contributed by atoms with E-state index in [4.69, 9.17) is 9.47 Å². The van der Waals surface area contributed by atoms with Crippen LogP contribution in [0.25, 0.3) is 0 Å². The van der Waals surface area contributed by atoms with Gasteiger partial charge in [0.2, 0.25) is 12.7 Å². The van der Waals surface area contributed by atoms with E-state index < -0.39 is 0 Å². The maximum Gasteiger partial charge on any atom is 0.251 e. The minimum absolute atomic E-state index is 0.140. The summed E-state index contributed by atoms with van der Waals surface area (Å²) in [7, 11) is 0. The number of ether oxygens (including phenoxy) is 2. The van der Waals surface area contributed by atoms with Crippen LogP contribution in [0.5, 0.6) is 11.5 Å². The van der Waals surface area contributed by atoms with Crippen LogP contribution in [-0.4, -0.2) is 28.4 Å². The highest BCUT2D eigenvalue weighted by atomic mass is 32.2. The molecule has 1 amide bonds. The van der Waals surface area contributed by atoms with Gasteiger partial charge in [-0.3, -0.25) is 9.59 Å². The first-order valence-electron chi connectivity index (χ1n) is 6.08. The molecule has 1 aromatic heterocycles. The number of aromatic nitrogens is 2. The van der Waals surface area contributed by atoms with Gasteiger partial charge in [0.15, 0.2) is 16.7 Å². The minimum atomic E-state index is -0.247. The standard InChI is InChI=1S/C13H11N3O4S/c17-11-3-4-14-13(16-11)21-6-12(18)15-8-1-2-9-10(5-8)20-7-19-9/h1-5H,6-7H2,(H,15,18)(H,14,16,17). The van der Waals surface area contributed by atoms with Crippen molar-refractivity contribution in [3.05, 3.63) is 40.8 Å². The van der Waals surface area contributed by atoms with Gasteiger partial charge in [0.1, 0.15) is 0 Å². The molecule has 0 radical (unpaired) electrons. The highest BCUT2D eigenvalue weighted by Gasteiger charge is 2.14. The molecule has 21 heavy (non-hydrogen) atoms. The second-order valence-electron chi connectivity index (χ2n) is 4.14. The van der Waals surface area contributed by atoms with Crippen LogP contribution in [0.15, 0.2) is 40.4 Å². The number of rotatable bonds is 4. The summed E-state index contributed by atoms with van der Waals surface area (Å²) in [5, 5.41) is 3.15. The summed E-state index contributed by atoms with van der Waals surface area (Å²) in [5.74, 6) is 1.20. The fraction of sp³-hybridized carbons (Fsp3) is 0.154. The maximum absolute atomic E-state index is 11.8. The third-order valence-corrected chi connectivity index (χ3v) is 3.53. The summed E-state index contributed by atoms with van der Waals surface area (Å²) < 4.78 is 10.4. The average Bonchev–Trinajstić information content (AvgIpc) is 2.93. The summed E-state index contributed by atoms with van der Waals surface area (Å²) in [4.78, 5) is 29.4. The number of hydrogen-bond donors (Lipinski definition) is 2. The molecule has 1 aromatic carbocycles. The smallest absolute Gasteiger partial charge is 0.251 e. The topological polar surface area (TPSA) is 93.3 Å². The lowest BCUT2D eigenvalue weighted by Crippen LogP contribution is -2.15. The fourth-order valence-corrected chi connectivity index (χ4v) is 2.38. The van der Waals surface area contributed by atoms with Gasteiger partial charge in [-0.2, -0.15) is 0 Å². The van der Waals surface area contributed by atoms with E-state index in [0.29, 0.717) is 22.3 Å². The van der Waals surface area contributed by atoms with Crippen LogP contribution in [-0.2, 0) is 4.79 Å². The van der Waals surface area contributed by atoms with Gasteiger partial charge in [-0.15, -0.1) is 0 Å². The Balaban J connectivity index is 1.58. The van der Waals surface area contributed by atoms with Gasteiger partial charge in [0, 0.05) is 24.0 Å². The summed E-state index contributed by atoms with van der Waals surface area (Å²) >= 11 is 1.15. The Hall–Kier alpha value is -2.48. The van der Waals surface area contributed by atoms with Gasteiger partial charge < -0.3 is 19.8 Å². The second kappa shape index (κ2) is 5.88. The number of aromatic amines is 1. The van der Waals surface area contributed by atoms with Gasteiger partial charge in [-0.05, 0) is 12.1 Å². The van der Waals surface area contributed by atoms with E-state index in [-0.39, 0.29) is 24.0 Å². The van der Waals surface area contributed by atoms with Crippen molar-refractivity contribution in [1.29, 1.82) is 0 Å². The molecule has 0 atom stereocenters. The molecule has 0 bridgehead atoms. The first-order valence-corrected chi connectivity index (χ1v) is 7.07. The van der Waals surface area contributed by atoms with Crippen molar-refractivity contribution in [2.45, 2.75) is 5.16 Å². The van der Waals surface area contributed by atoms with Crippen molar-refractivity contribution in [3.63, 3.8) is 0 Å². The molecule has 8 heteroatoms. The van der Waals surface area contributed by atoms with Crippen LogP contribution in [0.4, 0.5) is 5.69 Å². The van der Waals surface area contributed by atoms with Gasteiger partial charge >= 0.3 is 0 Å². The van der Waals surface area contributed by atoms with E-state index in [2.05, 4.69) is 15.3 Å². The van der Waals surface area contributed by atoms with E-state index in [1.54, 1.807) is 18.2 Å². The van der Waals surface area contributed by atoms with Crippen molar-refractivity contribution < 1.29 is 14.3 Å². The van der Waals surface area contributed by atoms with Crippen molar-refractivity contribution in [3.8, 4) is 11.5 Å². The molecule has 2 heterocycles. The molecule has 0 saturated carbocycles. The molecule has 0 unspecified atom stereocenters. The predicted molar refractivity (Wildman–Crippen MR) is 76.8 cm³/mol. The van der Waals surface area contributed by atoms with Crippen molar-refractivity contribution in [1.82, 2.24) is 9.97 Å². The Morgan fingerprint density at radius 2 is 2.19 bits per heavy atom. The lowest BCUT2D eigenvalue weighted by molar-refractivity contribution is -0.113. The molecular formula is C13H11N3O4S. The number of H-pyrrole nitrogens is 1. The Labute approximate surface area is 123 Å². The molecule has 0 fully saturated rings. The summed E-state index contributed by atoms with van der Waals surface area (Å²) in [6.45, 7) is 0.190. The maximum atomic E-state index is 11.8. The molecule has 0 spiro atoms. The third-order valence-electron chi connectivity index (χ3n) is 2.64.